The van der Waals surface area contributed by atoms with Gasteiger partial charge in [0, 0.05) is 18.2 Å². The molecule has 1 atom stereocenters. The van der Waals surface area contributed by atoms with Gasteiger partial charge in [0.2, 0.25) is 10.0 Å². The lowest BCUT2D eigenvalue weighted by Crippen LogP contribution is -2.38. The van der Waals surface area contributed by atoms with E-state index in [-0.39, 0.29) is 35.0 Å². The maximum atomic E-state index is 12.5. The van der Waals surface area contributed by atoms with Crippen LogP contribution in [0.1, 0.15) is 37.0 Å². The molecule has 26 heavy (non-hydrogen) atoms. The monoisotopic (exact) mass is 405 g/mol. The number of methoxy groups -OCH3 is 1. The van der Waals surface area contributed by atoms with E-state index < -0.39 is 10.0 Å². The predicted octanol–water partition coefficient (Wildman–Crippen LogP) is 1.53. The quantitative estimate of drug-likeness (QED) is 0.639. The molecule has 0 bridgehead atoms. The third-order valence-corrected chi connectivity index (χ3v) is 5.74. The molecule has 0 saturated carbocycles. The van der Waals surface area contributed by atoms with Gasteiger partial charge >= 0.3 is 0 Å². The summed E-state index contributed by atoms with van der Waals surface area (Å²) in [6, 6.07) is 4.18. The predicted molar refractivity (Wildman–Crippen MR) is 104 cm³/mol. The first-order chi connectivity index (χ1) is 11.8. The van der Waals surface area contributed by atoms with Crippen molar-refractivity contribution in [2.45, 2.75) is 37.6 Å². The number of carbonyl (C=O) groups excluding carboxylic acids is 1. The van der Waals surface area contributed by atoms with Crippen LogP contribution in [0.15, 0.2) is 23.1 Å². The van der Waals surface area contributed by atoms with Gasteiger partial charge in [-0.1, -0.05) is 0 Å². The number of sulfonamides is 1. The zero-order valence-electron chi connectivity index (χ0n) is 15.4. The zero-order chi connectivity index (χ0) is 18.4. The van der Waals surface area contributed by atoms with E-state index in [1.165, 1.54) is 19.2 Å². The Morgan fingerprint density at radius 3 is 2.69 bits per heavy atom. The summed E-state index contributed by atoms with van der Waals surface area (Å²) >= 11 is 0. The minimum absolute atomic E-state index is 0. The molecule has 7 nitrogen and oxygen atoms in total. The van der Waals surface area contributed by atoms with Gasteiger partial charge in [0.1, 0.15) is 10.6 Å². The average Bonchev–Trinajstić information content (AvgIpc) is 2.59. The Bertz CT molecular complexity index is 704. The number of hydrogen-bond donors (Lipinski definition) is 3. The number of hydrogen-bond acceptors (Lipinski definition) is 5. The summed E-state index contributed by atoms with van der Waals surface area (Å²) in [5.41, 5.74) is 0.300. The van der Waals surface area contributed by atoms with Gasteiger partial charge in [-0.2, -0.15) is 0 Å². The second-order valence-electron chi connectivity index (χ2n) is 6.56. The molecule has 1 aromatic carbocycles. The standard InChI is InChI=1S/C17H27N3O4S.ClH/c1-12(2)20-25(22,23)16-9-14(6-7-15(16)24-3)17(21)19-11-13-5-4-8-18-10-13;/h6-7,9,12-13,18,20H,4-5,8,10-11H2,1-3H3,(H,19,21);1H. The topological polar surface area (TPSA) is 96.5 Å². The van der Waals surface area contributed by atoms with Gasteiger partial charge in [0.25, 0.3) is 5.91 Å². The Morgan fingerprint density at radius 2 is 2.12 bits per heavy atom. The van der Waals surface area contributed by atoms with Gasteiger partial charge in [0.05, 0.1) is 7.11 Å². The molecule has 3 N–H and O–H groups in total. The van der Waals surface area contributed by atoms with Crippen LogP contribution in [0, 0.1) is 5.92 Å². The fourth-order valence-corrected chi connectivity index (χ4v) is 4.28. The number of benzene rings is 1. The highest BCUT2D eigenvalue weighted by molar-refractivity contribution is 7.89. The lowest BCUT2D eigenvalue weighted by atomic mass is 9.99. The molecule has 2 rings (SSSR count). The van der Waals surface area contributed by atoms with Crippen molar-refractivity contribution in [3.63, 3.8) is 0 Å². The van der Waals surface area contributed by atoms with Gasteiger partial charge in [-0.25, -0.2) is 13.1 Å². The van der Waals surface area contributed by atoms with E-state index in [1.807, 2.05) is 0 Å². The van der Waals surface area contributed by atoms with Gasteiger partial charge < -0.3 is 15.4 Å². The summed E-state index contributed by atoms with van der Waals surface area (Å²) in [4.78, 5) is 12.4. The normalized spacial score (nSPS) is 17.5. The number of nitrogens with one attached hydrogen (secondary N) is 3. The summed E-state index contributed by atoms with van der Waals surface area (Å²) in [7, 11) is -2.36. The number of halogens is 1. The molecule has 148 valence electrons. The van der Waals surface area contributed by atoms with Crippen LogP contribution in [0.3, 0.4) is 0 Å². The molecule has 9 heteroatoms. The fourth-order valence-electron chi connectivity index (χ4n) is 2.84. The second-order valence-corrected chi connectivity index (χ2v) is 8.25. The van der Waals surface area contributed by atoms with E-state index in [4.69, 9.17) is 4.74 Å². The molecule has 0 spiro atoms. The molecule has 0 aromatic heterocycles. The van der Waals surface area contributed by atoms with Crippen molar-refractivity contribution in [3.05, 3.63) is 23.8 Å². The highest BCUT2D eigenvalue weighted by Crippen LogP contribution is 2.25. The van der Waals surface area contributed by atoms with Crippen LogP contribution in [0.2, 0.25) is 0 Å². The van der Waals surface area contributed by atoms with Crippen LogP contribution in [0.25, 0.3) is 0 Å². The number of piperidine rings is 1. The van der Waals surface area contributed by atoms with E-state index in [1.54, 1.807) is 19.9 Å². The highest BCUT2D eigenvalue weighted by Gasteiger charge is 2.23. The lowest BCUT2D eigenvalue weighted by molar-refractivity contribution is 0.0944. The molecule has 1 saturated heterocycles. The Labute approximate surface area is 161 Å². The fraction of sp³-hybridized carbons (Fsp3) is 0.588. The number of carbonyl (C=O) groups is 1. The number of rotatable bonds is 7. The summed E-state index contributed by atoms with van der Waals surface area (Å²) < 4.78 is 32.6. The summed E-state index contributed by atoms with van der Waals surface area (Å²) in [6.45, 7) is 5.95. The lowest BCUT2D eigenvalue weighted by Gasteiger charge is -2.23. The first kappa shape index (κ1) is 22.7. The Hall–Kier alpha value is -1.35. The first-order valence-corrected chi connectivity index (χ1v) is 10.0. The smallest absolute Gasteiger partial charge is 0.251 e. The van der Waals surface area contributed by atoms with Crippen LogP contribution in [0.5, 0.6) is 5.75 Å². The molecule has 1 aliphatic rings. The van der Waals surface area contributed by atoms with Crippen molar-refractivity contribution in [1.82, 2.24) is 15.4 Å². The largest absolute Gasteiger partial charge is 0.495 e. The van der Waals surface area contributed by atoms with E-state index >= 15 is 0 Å². The maximum absolute atomic E-state index is 12.5. The minimum Gasteiger partial charge on any atom is -0.495 e. The molecule has 1 aromatic rings. The first-order valence-electron chi connectivity index (χ1n) is 8.52. The van der Waals surface area contributed by atoms with Gasteiger partial charge in [-0.3, -0.25) is 4.79 Å². The van der Waals surface area contributed by atoms with Gasteiger partial charge in [-0.15, -0.1) is 12.4 Å². The summed E-state index contributed by atoms with van der Waals surface area (Å²) in [5, 5.41) is 6.20. The Kier molecular flexibility index (Phi) is 8.82. The van der Waals surface area contributed by atoms with Crippen molar-refractivity contribution in [2.24, 2.45) is 5.92 Å². The van der Waals surface area contributed by atoms with E-state index in [0.717, 1.165) is 25.9 Å². The maximum Gasteiger partial charge on any atom is 0.251 e. The second kappa shape index (κ2) is 10.1. The molecule has 1 fully saturated rings. The molecule has 0 radical (unpaired) electrons. The summed E-state index contributed by atoms with van der Waals surface area (Å²) in [5.74, 6) is 0.331. The number of amides is 1. The van der Waals surface area contributed by atoms with Crippen LogP contribution >= 0.6 is 12.4 Å². The van der Waals surface area contributed by atoms with Crippen LogP contribution in [-0.2, 0) is 10.0 Å². The molecule has 1 heterocycles. The molecular weight excluding hydrogens is 378 g/mol. The van der Waals surface area contributed by atoms with Crippen LogP contribution in [0.4, 0.5) is 0 Å². The Balaban J connectivity index is 0.00000338. The molecule has 1 aliphatic heterocycles. The summed E-state index contributed by atoms with van der Waals surface area (Å²) in [6.07, 6.45) is 2.18. The highest BCUT2D eigenvalue weighted by atomic mass is 35.5. The third-order valence-electron chi connectivity index (χ3n) is 4.06. The third kappa shape index (κ3) is 6.12. The van der Waals surface area contributed by atoms with Gasteiger partial charge in [-0.05, 0) is 63.9 Å². The molecular formula is C17H28ClN3O4S. The van der Waals surface area contributed by atoms with Gasteiger partial charge in [0.15, 0.2) is 0 Å². The Morgan fingerprint density at radius 1 is 1.38 bits per heavy atom. The SMILES string of the molecule is COc1ccc(C(=O)NCC2CCCNC2)cc1S(=O)(=O)NC(C)C.Cl. The van der Waals surface area contributed by atoms with Crippen molar-refractivity contribution in [2.75, 3.05) is 26.7 Å². The zero-order valence-corrected chi connectivity index (χ0v) is 17.0. The van der Waals surface area contributed by atoms with E-state index in [0.29, 0.717) is 18.0 Å². The van der Waals surface area contributed by atoms with Crippen molar-refractivity contribution < 1.29 is 17.9 Å². The molecule has 1 unspecified atom stereocenters. The van der Waals surface area contributed by atoms with E-state index in [9.17, 15) is 13.2 Å². The average molecular weight is 406 g/mol. The minimum atomic E-state index is -3.76. The number of ether oxygens (including phenoxy) is 1. The molecule has 0 aliphatic carbocycles. The van der Waals surface area contributed by atoms with Crippen LogP contribution < -0.4 is 20.1 Å². The van der Waals surface area contributed by atoms with Crippen molar-refractivity contribution in [1.29, 1.82) is 0 Å². The molecule has 1 amide bonds. The van der Waals surface area contributed by atoms with E-state index in [2.05, 4.69) is 15.4 Å². The van der Waals surface area contributed by atoms with Crippen molar-refractivity contribution >= 4 is 28.3 Å². The van der Waals surface area contributed by atoms with Crippen LogP contribution in [-0.4, -0.2) is 47.1 Å². The van der Waals surface area contributed by atoms with Crippen molar-refractivity contribution in [3.8, 4) is 5.75 Å².